The fourth-order valence-electron chi connectivity index (χ4n) is 1.59. The van der Waals surface area contributed by atoms with Crippen LogP contribution in [0.4, 0.5) is 5.13 Å². The van der Waals surface area contributed by atoms with E-state index in [1.807, 2.05) is 29.6 Å². The van der Waals surface area contributed by atoms with Gasteiger partial charge in [0.25, 0.3) is 0 Å². The molecule has 1 aromatic heterocycles. The number of hydrogen-bond acceptors (Lipinski definition) is 4. The molecule has 0 atom stereocenters. The zero-order valence-corrected chi connectivity index (χ0v) is 11.2. The number of carbonyl (C=O) groups excluding carboxylic acids is 1. The highest BCUT2D eigenvalue weighted by Gasteiger charge is 2.05. The maximum atomic E-state index is 11.1. The van der Waals surface area contributed by atoms with Gasteiger partial charge < -0.3 is 10.6 Å². The third-order valence-corrected chi connectivity index (χ3v) is 3.40. The number of rotatable bonds is 3. The van der Waals surface area contributed by atoms with Crippen LogP contribution in [-0.4, -0.2) is 22.8 Å². The first-order valence-corrected chi connectivity index (χ1v) is 6.46. The minimum absolute atomic E-state index is 0.0614. The van der Waals surface area contributed by atoms with Crippen LogP contribution >= 0.6 is 11.3 Å². The molecular weight excluding hydrogens is 246 g/mol. The third kappa shape index (κ3) is 2.87. The number of aromatic nitrogens is 1. The van der Waals surface area contributed by atoms with Crippen molar-refractivity contribution in [3.8, 4) is 11.3 Å². The predicted octanol–water partition coefficient (Wildman–Crippen LogP) is 2.37. The standard InChI is InChI=1S/C13H15N3OS/c1-9(17)16(2)7-10-3-5-11(6-4-10)12-8-18-13(14)15-12/h3-6,8H,7H2,1-2H3,(H2,14,15). The minimum atomic E-state index is 0.0614. The van der Waals surface area contributed by atoms with E-state index in [2.05, 4.69) is 4.98 Å². The molecule has 0 aliphatic rings. The summed E-state index contributed by atoms with van der Waals surface area (Å²) >= 11 is 1.43. The maximum Gasteiger partial charge on any atom is 0.219 e. The largest absolute Gasteiger partial charge is 0.375 e. The van der Waals surface area contributed by atoms with Crippen molar-refractivity contribution in [1.29, 1.82) is 0 Å². The summed E-state index contributed by atoms with van der Waals surface area (Å²) in [6.07, 6.45) is 0. The summed E-state index contributed by atoms with van der Waals surface area (Å²) in [7, 11) is 1.79. The molecule has 0 aliphatic heterocycles. The van der Waals surface area contributed by atoms with E-state index in [4.69, 9.17) is 5.73 Å². The van der Waals surface area contributed by atoms with Crippen LogP contribution < -0.4 is 5.73 Å². The average Bonchev–Trinajstić information content (AvgIpc) is 2.76. The fraction of sp³-hybridized carbons (Fsp3) is 0.231. The van der Waals surface area contributed by atoms with E-state index in [0.29, 0.717) is 11.7 Å². The van der Waals surface area contributed by atoms with Gasteiger partial charge in [-0.3, -0.25) is 4.79 Å². The van der Waals surface area contributed by atoms with Crippen molar-refractivity contribution in [2.75, 3.05) is 12.8 Å². The second kappa shape index (κ2) is 5.18. The molecule has 2 N–H and O–H groups in total. The van der Waals surface area contributed by atoms with Gasteiger partial charge in [-0.15, -0.1) is 11.3 Å². The molecule has 1 heterocycles. The number of nitrogen functional groups attached to an aromatic ring is 1. The van der Waals surface area contributed by atoms with Crippen LogP contribution in [0.3, 0.4) is 0 Å². The molecular formula is C13H15N3OS. The molecule has 18 heavy (non-hydrogen) atoms. The van der Waals surface area contributed by atoms with Crippen molar-refractivity contribution in [2.24, 2.45) is 0 Å². The molecule has 94 valence electrons. The number of thiazole rings is 1. The van der Waals surface area contributed by atoms with Crippen molar-refractivity contribution in [2.45, 2.75) is 13.5 Å². The van der Waals surface area contributed by atoms with Gasteiger partial charge in [0.2, 0.25) is 5.91 Å². The lowest BCUT2D eigenvalue weighted by Crippen LogP contribution is -2.22. The Morgan fingerprint density at radius 3 is 2.56 bits per heavy atom. The Morgan fingerprint density at radius 1 is 1.39 bits per heavy atom. The van der Waals surface area contributed by atoms with Crippen molar-refractivity contribution in [1.82, 2.24) is 9.88 Å². The third-order valence-electron chi connectivity index (χ3n) is 2.73. The van der Waals surface area contributed by atoms with Crippen LogP contribution in [0.25, 0.3) is 11.3 Å². The number of nitrogens with two attached hydrogens (primary N) is 1. The molecule has 2 rings (SSSR count). The van der Waals surface area contributed by atoms with Crippen LogP contribution in [0.15, 0.2) is 29.6 Å². The molecule has 0 fully saturated rings. The molecule has 1 amide bonds. The summed E-state index contributed by atoms with van der Waals surface area (Å²) in [5, 5.41) is 2.51. The molecule has 1 aromatic carbocycles. The normalized spacial score (nSPS) is 10.3. The Labute approximate surface area is 110 Å². The monoisotopic (exact) mass is 261 g/mol. The molecule has 0 unspecified atom stereocenters. The highest BCUT2D eigenvalue weighted by Crippen LogP contribution is 2.23. The Morgan fingerprint density at radius 2 is 2.06 bits per heavy atom. The van der Waals surface area contributed by atoms with E-state index in [1.54, 1.807) is 18.9 Å². The molecule has 0 saturated carbocycles. The van der Waals surface area contributed by atoms with Crippen molar-refractivity contribution >= 4 is 22.4 Å². The average molecular weight is 261 g/mol. The summed E-state index contributed by atoms with van der Waals surface area (Å²) in [5.74, 6) is 0.0614. The highest BCUT2D eigenvalue weighted by atomic mass is 32.1. The Balaban J connectivity index is 2.13. The van der Waals surface area contributed by atoms with Gasteiger partial charge in [0.1, 0.15) is 0 Å². The summed E-state index contributed by atoms with van der Waals surface area (Å²) in [4.78, 5) is 17.1. The molecule has 0 saturated heterocycles. The Kier molecular flexibility index (Phi) is 3.62. The Hall–Kier alpha value is -1.88. The summed E-state index contributed by atoms with van der Waals surface area (Å²) in [6.45, 7) is 2.18. The lowest BCUT2D eigenvalue weighted by atomic mass is 10.1. The highest BCUT2D eigenvalue weighted by molar-refractivity contribution is 7.13. The SMILES string of the molecule is CC(=O)N(C)Cc1ccc(-c2csc(N)n2)cc1. The van der Waals surface area contributed by atoms with Crippen molar-refractivity contribution in [3.63, 3.8) is 0 Å². The number of anilines is 1. The van der Waals surface area contributed by atoms with Gasteiger partial charge >= 0.3 is 0 Å². The molecule has 0 aliphatic carbocycles. The molecule has 2 aromatic rings. The van der Waals surface area contributed by atoms with Crippen molar-refractivity contribution in [3.05, 3.63) is 35.2 Å². The van der Waals surface area contributed by atoms with Crippen LogP contribution in [-0.2, 0) is 11.3 Å². The van der Waals surface area contributed by atoms with Crippen molar-refractivity contribution < 1.29 is 4.79 Å². The maximum absolute atomic E-state index is 11.1. The van der Waals surface area contributed by atoms with Crippen LogP contribution in [0.5, 0.6) is 0 Å². The lowest BCUT2D eigenvalue weighted by molar-refractivity contribution is -0.128. The predicted molar refractivity (Wildman–Crippen MR) is 74.1 cm³/mol. The van der Waals surface area contributed by atoms with Gasteiger partial charge in [-0.05, 0) is 5.56 Å². The summed E-state index contributed by atoms with van der Waals surface area (Å²) in [5.41, 5.74) is 8.64. The molecule has 0 bridgehead atoms. The Bertz CT molecular complexity index is 548. The summed E-state index contributed by atoms with van der Waals surface area (Å²) in [6, 6.07) is 8.00. The first kappa shape index (κ1) is 12.6. The molecule has 0 radical (unpaired) electrons. The zero-order valence-electron chi connectivity index (χ0n) is 10.4. The zero-order chi connectivity index (χ0) is 13.1. The van der Waals surface area contributed by atoms with Crippen LogP contribution in [0.1, 0.15) is 12.5 Å². The number of nitrogens with zero attached hydrogens (tertiary/aromatic N) is 2. The molecule has 5 heteroatoms. The van der Waals surface area contributed by atoms with E-state index in [-0.39, 0.29) is 5.91 Å². The van der Waals surface area contributed by atoms with Gasteiger partial charge in [0.15, 0.2) is 5.13 Å². The number of carbonyl (C=O) groups is 1. The van der Waals surface area contributed by atoms with Gasteiger partial charge in [0.05, 0.1) is 5.69 Å². The van der Waals surface area contributed by atoms with Crippen LogP contribution in [0.2, 0.25) is 0 Å². The minimum Gasteiger partial charge on any atom is -0.375 e. The molecule has 0 spiro atoms. The van der Waals surface area contributed by atoms with Gasteiger partial charge in [-0.25, -0.2) is 4.98 Å². The molecule has 4 nitrogen and oxygen atoms in total. The van der Waals surface area contributed by atoms with Gasteiger partial charge in [-0.2, -0.15) is 0 Å². The quantitative estimate of drug-likeness (QED) is 0.922. The topological polar surface area (TPSA) is 59.2 Å². The lowest BCUT2D eigenvalue weighted by Gasteiger charge is -2.14. The summed E-state index contributed by atoms with van der Waals surface area (Å²) < 4.78 is 0. The number of amides is 1. The number of hydrogen-bond donors (Lipinski definition) is 1. The van der Waals surface area contributed by atoms with Gasteiger partial charge in [-0.1, -0.05) is 24.3 Å². The van der Waals surface area contributed by atoms with E-state index in [0.717, 1.165) is 16.8 Å². The van der Waals surface area contributed by atoms with Gasteiger partial charge in [0, 0.05) is 31.5 Å². The van der Waals surface area contributed by atoms with E-state index >= 15 is 0 Å². The van der Waals surface area contributed by atoms with Crippen LogP contribution in [0, 0.1) is 0 Å². The first-order valence-electron chi connectivity index (χ1n) is 5.58. The van der Waals surface area contributed by atoms with E-state index < -0.39 is 0 Å². The number of benzene rings is 1. The van der Waals surface area contributed by atoms with E-state index in [9.17, 15) is 4.79 Å². The van der Waals surface area contributed by atoms with E-state index in [1.165, 1.54) is 11.3 Å². The smallest absolute Gasteiger partial charge is 0.219 e. The second-order valence-corrected chi connectivity index (χ2v) is 5.03. The second-order valence-electron chi connectivity index (χ2n) is 4.14. The fourth-order valence-corrected chi connectivity index (χ4v) is 2.16. The first-order chi connectivity index (χ1) is 8.56.